The molecule has 1 amide bonds. The van der Waals surface area contributed by atoms with Crippen LogP contribution in [0.4, 0.5) is 0 Å². The molecule has 0 aliphatic rings. The van der Waals surface area contributed by atoms with Gasteiger partial charge in [-0.05, 0) is 19.6 Å². The highest BCUT2D eigenvalue weighted by Crippen LogP contribution is 2.02. The molecule has 11 heavy (non-hydrogen) atoms. The smallest absolute Gasteiger partial charge is 0.222 e. The predicted molar refractivity (Wildman–Crippen MR) is 48.0 cm³/mol. The van der Waals surface area contributed by atoms with Crippen LogP contribution in [0.15, 0.2) is 0 Å². The Bertz CT molecular complexity index is 131. The molecule has 0 saturated heterocycles. The van der Waals surface area contributed by atoms with Crippen LogP contribution in [0.1, 0.15) is 6.42 Å². The molecule has 0 fully saturated rings. The summed E-state index contributed by atoms with van der Waals surface area (Å²) in [6, 6.07) is 0. The van der Waals surface area contributed by atoms with Crippen molar-refractivity contribution >= 4 is 14.2 Å². The molecule has 0 aromatic rings. The van der Waals surface area contributed by atoms with E-state index < -0.39 is 8.32 Å². The SMILES string of the molecule is CNC(=O)CCO[Si](C)(C)C. The molecule has 0 heterocycles. The van der Waals surface area contributed by atoms with Gasteiger partial charge in [-0.15, -0.1) is 0 Å². The van der Waals surface area contributed by atoms with Crippen molar-refractivity contribution in [1.82, 2.24) is 5.32 Å². The van der Waals surface area contributed by atoms with Gasteiger partial charge >= 0.3 is 0 Å². The fourth-order valence-corrected chi connectivity index (χ4v) is 1.29. The van der Waals surface area contributed by atoms with Gasteiger partial charge in [0.25, 0.3) is 0 Å². The second kappa shape index (κ2) is 4.51. The first kappa shape index (κ1) is 10.6. The molecular weight excluding hydrogens is 158 g/mol. The highest BCUT2D eigenvalue weighted by atomic mass is 28.4. The van der Waals surface area contributed by atoms with E-state index in [0.29, 0.717) is 13.0 Å². The number of rotatable bonds is 4. The summed E-state index contributed by atoms with van der Waals surface area (Å²) in [5.74, 6) is 0.0447. The molecular formula is C7H17NO2Si. The van der Waals surface area contributed by atoms with Crippen molar-refractivity contribution < 1.29 is 9.22 Å². The summed E-state index contributed by atoms with van der Waals surface area (Å²) >= 11 is 0. The van der Waals surface area contributed by atoms with Crippen LogP contribution in [0.2, 0.25) is 19.6 Å². The second-order valence-electron chi connectivity index (χ2n) is 3.38. The number of amides is 1. The summed E-state index contributed by atoms with van der Waals surface area (Å²) in [5.41, 5.74) is 0. The molecule has 0 radical (unpaired) electrons. The summed E-state index contributed by atoms with van der Waals surface area (Å²) < 4.78 is 5.48. The van der Waals surface area contributed by atoms with Gasteiger partial charge in [0.2, 0.25) is 5.91 Å². The number of nitrogens with one attached hydrogen (secondary N) is 1. The van der Waals surface area contributed by atoms with Crippen molar-refractivity contribution in [3.05, 3.63) is 0 Å². The minimum Gasteiger partial charge on any atom is -0.417 e. The Labute approximate surface area is 69.3 Å². The van der Waals surface area contributed by atoms with Crippen LogP contribution in [0.25, 0.3) is 0 Å². The molecule has 3 nitrogen and oxygen atoms in total. The van der Waals surface area contributed by atoms with Gasteiger partial charge in [-0.3, -0.25) is 4.79 Å². The summed E-state index contributed by atoms with van der Waals surface area (Å²) in [7, 11) is 0.219. The first-order valence-electron chi connectivity index (χ1n) is 3.80. The lowest BCUT2D eigenvalue weighted by atomic mass is 10.4. The number of carbonyl (C=O) groups excluding carboxylic acids is 1. The van der Waals surface area contributed by atoms with Crippen LogP contribution in [-0.4, -0.2) is 27.9 Å². The Morgan fingerprint density at radius 1 is 1.45 bits per heavy atom. The van der Waals surface area contributed by atoms with Crippen LogP contribution in [0.3, 0.4) is 0 Å². The van der Waals surface area contributed by atoms with E-state index in [1.807, 2.05) is 0 Å². The first-order valence-corrected chi connectivity index (χ1v) is 7.21. The van der Waals surface area contributed by atoms with Gasteiger partial charge in [0.15, 0.2) is 8.32 Å². The van der Waals surface area contributed by atoms with Crippen LogP contribution in [0.5, 0.6) is 0 Å². The Kier molecular flexibility index (Phi) is 4.36. The summed E-state index contributed by atoms with van der Waals surface area (Å²) in [4.78, 5) is 10.7. The normalized spacial score (nSPS) is 11.3. The van der Waals surface area contributed by atoms with Gasteiger partial charge in [-0.2, -0.15) is 0 Å². The third-order valence-corrected chi connectivity index (χ3v) is 2.21. The average Bonchev–Trinajstić information content (AvgIpc) is 1.85. The van der Waals surface area contributed by atoms with E-state index in [4.69, 9.17) is 4.43 Å². The zero-order valence-corrected chi connectivity index (χ0v) is 8.73. The molecule has 0 aromatic carbocycles. The van der Waals surface area contributed by atoms with Crippen molar-refractivity contribution in [3.63, 3.8) is 0 Å². The fraction of sp³-hybridized carbons (Fsp3) is 0.857. The molecule has 0 saturated carbocycles. The Morgan fingerprint density at radius 3 is 2.36 bits per heavy atom. The largest absolute Gasteiger partial charge is 0.417 e. The van der Waals surface area contributed by atoms with E-state index in [2.05, 4.69) is 25.0 Å². The molecule has 0 spiro atoms. The van der Waals surface area contributed by atoms with E-state index in [1.165, 1.54) is 0 Å². The monoisotopic (exact) mass is 175 g/mol. The van der Waals surface area contributed by atoms with Crippen molar-refractivity contribution in [3.8, 4) is 0 Å². The lowest BCUT2D eigenvalue weighted by Crippen LogP contribution is -2.28. The number of hydrogen-bond donors (Lipinski definition) is 1. The van der Waals surface area contributed by atoms with Gasteiger partial charge in [0, 0.05) is 20.1 Å². The van der Waals surface area contributed by atoms with E-state index in [-0.39, 0.29) is 5.91 Å². The van der Waals surface area contributed by atoms with Gasteiger partial charge in [0.1, 0.15) is 0 Å². The van der Waals surface area contributed by atoms with Crippen molar-refractivity contribution in [2.45, 2.75) is 26.1 Å². The van der Waals surface area contributed by atoms with Crippen LogP contribution >= 0.6 is 0 Å². The highest BCUT2D eigenvalue weighted by Gasteiger charge is 2.13. The lowest BCUT2D eigenvalue weighted by molar-refractivity contribution is -0.121. The topological polar surface area (TPSA) is 38.3 Å². The van der Waals surface area contributed by atoms with E-state index in [9.17, 15) is 4.79 Å². The maximum atomic E-state index is 10.7. The number of hydrogen-bond acceptors (Lipinski definition) is 2. The summed E-state index contributed by atoms with van der Waals surface area (Å²) in [6.45, 7) is 6.87. The minimum absolute atomic E-state index is 0.0447. The molecule has 1 N–H and O–H groups in total. The zero-order valence-electron chi connectivity index (χ0n) is 7.73. The molecule has 0 aliphatic heterocycles. The molecule has 0 aromatic heterocycles. The Morgan fingerprint density at radius 2 is 2.00 bits per heavy atom. The standard InChI is InChI=1S/C7H17NO2Si/c1-8-7(9)5-6-10-11(2,3)4/h5-6H2,1-4H3,(H,8,9). The molecule has 0 atom stereocenters. The highest BCUT2D eigenvalue weighted by molar-refractivity contribution is 6.69. The van der Waals surface area contributed by atoms with Gasteiger partial charge in [-0.25, -0.2) is 0 Å². The minimum atomic E-state index is -1.42. The van der Waals surface area contributed by atoms with E-state index in [0.717, 1.165) is 0 Å². The molecule has 0 rings (SSSR count). The van der Waals surface area contributed by atoms with Crippen molar-refractivity contribution in [2.24, 2.45) is 0 Å². The van der Waals surface area contributed by atoms with Crippen molar-refractivity contribution in [1.29, 1.82) is 0 Å². The van der Waals surface area contributed by atoms with Crippen LogP contribution in [-0.2, 0) is 9.22 Å². The van der Waals surface area contributed by atoms with Gasteiger partial charge in [0.05, 0.1) is 0 Å². The third-order valence-electron chi connectivity index (χ3n) is 1.14. The van der Waals surface area contributed by atoms with Gasteiger partial charge < -0.3 is 9.74 Å². The Balaban J connectivity index is 3.35. The first-order chi connectivity index (χ1) is 4.95. The molecule has 0 bridgehead atoms. The molecule has 66 valence electrons. The molecule has 0 aliphatic carbocycles. The number of carbonyl (C=O) groups is 1. The quantitative estimate of drug-likeness (QED) is 0.647. The fourth-order valence-electron chi connectivity index (χ4n) is 0.575. The predicted octanol–water partition coefficient (Wildman–Crippen LogP) is 0.974. The Hall–Kier alpha value is -0.353. The van der Waals surface area contributed by atoms with Crippen LogP contribution < -0.4 is 5.32 Å². The summed E-state index contributed by atoms with van der Waals surface area (Å²) in [5, 5.41) is 2.55. The maximum Gasteiger partial charge on any atom is 0.222 e. The molecule has 4 heteroatoms. The maximum absolute atomic E-state index is 10.7. The van der Waals surface area contributed by atoms with E-state index >= 15 is 0 Å². The summed E-state index contributed by atoms with van der Waals surface area (Å²) in [6.07, 6.45) is 0.473. The van der Waals surface area contributed by atoms with Crippen molar-refractivity contribution in [2.75, 3.05) is 13.7 Å². The second-order valence-corrected chi connectivity index (χ2v) is 7.90. The third kappa shape index (κ3) is 7.54. The zero-order chi connectivity index (χ0) is 8.91. The molecule has 0 unspecified atom stereocenters. The van der Waals surface area contributed by atoms with Crippen LogP contribution in [0, 0.1) is 0 Å². The lowest BCUT2D eigenvalue weighted by Gasteiger charge is -2.16. The van der Waals surface area contributed by atoms with Gasteiger partial charge in [-0.1, -0.05) is 0 Å². The van der Waals surface area contributed by atoms with E-state index in [1.54, 1.807) is 7.05 Å². The average molecular weight is 175 g/mol.